The van der Waals surface area contributed by atoms with Crippen LogP contribution in [0.5, 0.6) is 0 Å². The van der Waals surface area contributed by atoms with Gasteiger partial charge in [0.05, 0.1) is 10.6 Å². The number of anilines is 1. The van der Waals surface area contributed by atoms with E-state index in [2.05, 4.69) is 4.72 Å². The van der Waals surface area contributed by atoms with Crippen molar-refractivity contribution in [1.29, 1.82) is 5.26 Å². The highest BCUT2D eigenvalue weighted by Gasteiger charge is 2.17. The smallest absolute Gasteiger partial charge is 0.261 e. The van der Waals surface area contributed by atoms with Crippen LogP contribution in [0.3, 0.4) is 0 Å². The molecule has 0 atom stereocenters. The summed E-state index contributed by atoms with van der Waals surface area (Å²) in [5.74, 6) is -0.768. The van der Waals surface area contributed by atoms with Gasteiger partial charge in [0, 0.05) is 0 Å². The second-order valence-electron chi connectivity index (χ2n) is 3.69. The Morgan fingerprint density at radius 2 is 1.74 bits per heavy atom. The number of nitrogens with zero attached hydrogens (tertiary/aromatic N) is 1. The van der Waals surface area contributed by atoms with Crippen molar-refractivity contribution in [3.8, 4) is 6.07 Å². The van der Waals surface area contributed by atoms with E-state index in [4.69, 9.17) is 5.26 Å². The fraction of sp³-hybridized carbons (Fsp3) is 0. The highest BCUT2D eigenvalue weighted by molar-refractivity contribution is 7.92. The summed E-state index contributed by atoms with van der Waals surface area (Å²) in [5.41, 5.74) is -0.409. The summed E-state index contributed by atoms with van der Waals surface area (Å²) in [5, 5.41) is 8.84. The minimum Gasteiger partial charge on any atom is -0.278 e. The lowest BCUT2D eigenvalue weighted by molar-refractivity contribution is 0.601. The first-order valence-corrected chi connectivity index (χ1v) is 6.79. The zero-order chi connectivity index (χ0) is 13.9. The van der Waals surface area contributed by atoms with Crippen LogP contribution in [0.15, 0.2) is 53.4 Å². The van der Waals surface area contributed by atoms with Crippen LogP contribution in [0.25, 0.3) is 0 Å². The van der Waals surface area contributed by atoms with Crippen molar-refractivity contribution in [2.45, 2.75) is 4.90 Å². The molecule has 2 aromatic carbocycles. The van der Waals surface area contributed by atoms with Crippen LogP contribution in [0, 0.1) is 17.1 Å². The average molecular weight is 276 g/mol. The maximum Gasteiger partial charge on any atom is 0.261 e. The third-order valence-electron chi connectivity index (χ3n) is 2.42. The Labute approximate surface area is 110 Å². The number of nitrogens with one attached hydrogen (secondary N) is 1. The van der Waals surface area contributed by atoms with Crippen molar-refractivity contribution in [3.63, 3.8) is 0 Å². The van der Waals surface area contributed by atoms with Crippen LogP contribution in [-0.4, -0.2) is 8.42 Å². The lowest BCUT2D eigenvalue weighted by Crippen LogP contribution is -2.14. The van der Waals surface area contributed by atoms with E-state index >= 15 is 0 Å². The first-order chi connectivity index (χ1) is 9.04. The minimum atomic E-state index is -3.83. The van der Waals surface area contributed by atoms with Crippen LogP contribution >= 0.6 is 0 Å². The third-order valence-corrected chi connectivity index (χ3v) is 3.80. The summed E-state index contributed by atoms with van der Waals surface area (Å²) in [6, 6.07) is 13.1. The highest BCUT2D eigenvalue weighted by Crippen LogP contribution is 2.21. The molecule has 0 aliphatic rings. The summed E-state index contributed by atoms with van der Waals surface area (Å²) >= 11 is 0. The Morgan fingerprint density at radius 3 is 2.37 bits per heavy atom. The summed E-state index contributed by atoms with van der Waals surface area (Å²) in [6.07, 6.45) is 0. The van der Waals surface area contributed by atoms with Gasteiger partial charge in [-0.1, -0.05) is 24.3 Å². The van der Waals surface area contributed by atoms with E-state index in [0.29, 0.717) is 0 Å². The van der Waals surface area contributed by atoms with Gasteiger partial charge < -0.3 is 0 Å². The Hall–Kier alpha value is -2.39. The highest BCUT2D eigenvalue weighted by atomic mass is 32.2. The van der Waals surface area contributed by atoms with Gasteiger partial charge in [-0.15, -0.1) is 0 Å². The topological polar surface area (TPSA) is 70.0 Å². The van der Waals surface area contributed by atoms with Gasteiger partial charge in [-0.05, 0) is 24.3 Å². The lowest BCUT2D eigenvalue weighted by Gasteiger charge is -2.09. The zero-order valence-corrected chi connectivity index (χ0v) is 10.5. The van der Waals surface area contributed by atoms with Gasteiger partial charge in [0.25, 0.3) is 10.0 Å². The molecule has 0 bridgehead atoms. The Kier molecular flexibility index (Phi) is 3.49. The number of benzene rings is 2. The van der Waals surface area contributed by atoms with Crippen molar-refractivity contribution >= 4 is 15.7 Å². The Balaban J connectivity index is 2.43. The summed E-state index contributed by atoms with van der Waals surface area (Å²) < 4.78 is 39.7. The largest absolute Gasteiger partial charge is 0.278 e. The molecule has 0 saturated carbocycles. The molecule has 0 saturated heterocycles. The molecule has 4 nitrogen and oxygen atoms in total. The predicted octanol–water partition coefficient (Wildman–Crippen LogP) is 2.50. The SMILES string of the molecule is N#Cc1c(F)cccc1NS(=O)(=O)c1ccccc1. The van der Waals surface area contributed by atoms with E-state index in [1.165, 1.54) is 24.3 Å². The molecule has 0 spiro atoms. The molecule has 0 radical (unpaired) electrons. The molecule has 0 aromatic heterocycles. The van der Waals surface area contributed by atoms with Crippen LogP contribution in [0.1, 0.15) is 5.56 Å². The molecule has 0 heterocycles. The molecular weight excluding hydrogens is 267 g/mol. The minimum absolute atomic E-state index is 0.0446. The Bertz CT molecular complexity index is 737. The van der Waals surface area contributed by atoms with Crippen LogP contribution in [0.2, 0.25) is 0 Å². The van der Waals surface area contributed by atoms with Gasteiger partial charge in [0.15, 0.2) is 0 Å². The number of halogens is 1. The van der Waals surface area contributed by atoms with Crippen molar-refractivity contribution < 1.29 is 12.8 Å². The average Bonchev–Trinajstić information content (AvgIpc) is 2.40. The zero-order valence-electron chi connectivity index (χ0n) is 9.67. The monoisotopic (exact) mass is 276 g/mol. The second-order valence-corrected chi connectivity index (χ2v) is 5.38. The lowest BCUT2D eigenvalue weighted by atomic mass is 10.2. The molecule has 2 rings (SSSR count). The number of sulfonamides is 1. The molecule has 2 aromatic rings. The molecule has 1 N–H and O–H groups in total. The van der Waals surface area contributed by atoms with Gasteiger partial charge in [0.1, 0.15) is 17.4 Å². The molecule has 96 valence electrons. The van der Waals surface area contributed by atoms with Gasteiger partial charge in [-0.2, -0.15) is 5.26 Å². The van der Waals surface area contributed by atoms with Crippen LogP contribution in [0.4, 0.5) is 10.1 Å². The van der Waals surface area contributed by atoms with Crippen molar-refractivity contribution in [3.05, 3.63) is 59.9 Å². The van der Waals surface area contributed by atoms with Gasteiger partial charge in [-0.3, -0.25) is 4.72 Å². The van der Waals surface area contributed by atoms with E-state index in [-0.39, 0.29) is 16.1 Å². The van der Waals surface area contributed by atoms with Crippen molar-refractivity contribution in [1.82, 2.24) is 0 Å². The summed E-state index contributed by atoms with van der Waals surface area (Å²) in [7, 11) is -3.83. The molecule has 0 amide bonds. The van der Waals surface area contributed by atoms with Gasteiger partial charge in [0.2, 0.25) is 0 Å². The fourth-order valence-electron chi connectivity index (χ4n) is 1.53. The van der Waals surface area contributed by atoms with Gasteiger partial charge in [-0.25, -0.2) is 12.8 Å². The first kappa shape index (κ1) is 13.1. The molecule has 0 fully saturated rings. The van der Waals surface area contributed by atoms with Crippen LogP contribution in [-0.2, 0) is 10.0 Å². The summed E-state index contributed by atoms with van der Waals surface area (Å²) in [6.45, 7) is 0. The second kappa shape index (κ2) is 5.08. The van der Waals surface area contributed by atoms with E-state index in [1.807, 2.05) is 0 Å². The standard InChI is InChI=1S/C13H9FN2O2S/c14-12-7-4-8-13(11(12)9-15)16-19(17,18)10-5-2-1-3-6-10/h1-8,16H. The van der Waals surface area contributed by atoms with E-state index in [9.17, 15) is 12.8 Å². The predicted molar refractivity (Wildman–Crippen MR) is 68.4 cm³/mol. The maximum atomic E-state index is 13.4. The van der Waals surface area contributed by atoms with Crippen molar-refractivity contribution in [2.75, 3.05) is 4.72 Å². The molecule has 0 unspecified atom stereocenters. The summed E-state index contributed by atoms with van der Waals surface area (Å²) in [4.78, 5) is 0.0446. The van der Waals surface area contributed by atoms with Crippen LogP contribution < -0.4 is 4.72 Å². The van der Waals surface area contributed by atoms with E-state index in [0.717, 1.165) is 6.07 Å². The fourth-order valence-corrected chi connectivity index (χ4v) is 2.62. The molecule has 0 aliphatic carbocycles. The number of hydrogen-bond acceptors (Lipinski definition) is 3. The van der Waals surface area contributed by atoms with E-state index < -0.39 is 15.8 Å². The molecule has 19 heavy (non-hydrogen) atoms. The number of rotatable bonds is 3. The Morgan fingerprint density at radius 1 is 1.05 bits per heavy atom. The third kappa shape index (κ3) is 2.72. The molecular formula is C13H9FN2O2S. The number of nitriles is 1. The number of hydrogen-bond donors (Lipinski definition) is 1. The molecule has 6 heteroatoms. The van der Waals surface area contributed by atoms with E-state index in [1.54, 1.807) is 24.3 Å². The maximum absolute atomic E-state index is 13.4. The first-order valence-electron chi connectivity index (χ1n) is 5.31. The van der Waals surface area contributed by atoms with Gasteiger partial charge >= 0.3 is 0 Å². The molecule has 0 aliphatic heterocycles. The van der Waals surface area contributed by atoms with Crippen molar-refractivity contribution in [2.24, 2.45) is 0 Å². The quantitative estimate of drug-likeness (QED) is 0.936. The normalized spacial score (nSPS) is 10.7.